The van der Waals surface area contributed by atoms with Gasteiger partial charge in [-0.1, -0.05) is 0 Å². The molecule has 2 aromatic heterocycles. The van der Waals surface area contributed by atoms with Gasteiger partial charge in [-0.05, 0) is 24.3 Å². The number of carboxylic acids is 1. The lowest BCUT2D eigenvalue weighted by Crippen LogP contribution is -2.12. The van der Waals surface area contributed by atoms with Crippen LogP contribution in [-0.4, -0.2) is 22.0 Å². The monoisotopic (exact) mass is 260 g/mol. The molecule has 0 radical (unpaired) electrons. The zero-order valence-electron chi connectivity index (χ0n) is 10.00. The maximum absolute atomic E-state index is 11.6. The SMILES string of the molecule is O=C(CCc1ccco1)Nc1ccc(C(=O)O)nc1. The van der Waals surface area contributed by atoms with Crippen molar-refractivity contribution >= 4 is 17.6 Å². The molecule has 6 nitrogen and oxygen atoms in total. The highest BCUT2D eigenvalue weighted by molar-refractivity contribution is 5.91. The summed E-state index contributed by atoms with van der Waals surface area (Å²) in [5.74, 6) is -0.536. The van der Waals surface area contributed by atoms with Gasteiger partial charge in [-0.2, -0.15) is 0 Å². The standard InChI is InChI=1S/C13H12N2O4/c16-12(6-4-10-2-1-7-19-10)15-9-3-5-11(13(17)18)14-8-9/h1-3,5,7-8H,4,6H2,(H,15,16)(H,17,18). The maximum Gasteiger partial charge on any atom is 0.354 e. The van der Waals surface area contributed by atoms with Crippen LogP contribution in [0.1, 0.15) is 22.7 Å². The van der Waals surface area contributed by atoms with Gasteiger partial charge in [0, 0.05) is 12.8 Å². The minimum Gasteiger partial charge on any atom is -0.477 e. The molecule has 0 spiro atoms. The van der Waals surface area contributed by atoms with Crippen molar-refractivity contribution in [3.8, 4) is 0 Å². The molecule has 2 N–H and O–H groups in total. The third kappa shape index (κ3) is 3.67. The highest BCUT2D eigenvalue weighted by Crippen LogP contribution is 2.08. The first-order valence-electron chi connectivity index (χ1n) is 5.67. The lowest BCUT2D eigenvalue weighted by Gasteiger charge is -2.04. The number of nitrogens with zero attached hydrogens (tertiary/aromatic N) is 1. The van der Waals surface area contributed by atoms with E-state index in [1.165, 1.54) is 18.3 Å². The molecular weight excluding hydrogens is 248 g/mol. The van der Waals surface area contributed by atoms with Gasteiger partial charge in [-0.15, -0.1) is 0 Å². The molecule has 1 amide bonds. The zero-order chi connectivity index (χ0) is 13.7. The van der Waals surface area contributed by atoms with Crippen molar-refractivity contribution < 1.29 is 19.1 Å². The van der Waals surface area contributed by atoms with Crippen LogP contribution in [0.4, 0.5) is 5.69 Å². The Kier molecular flexibility index (Phi) is 3.92. The highest BCUT2D eigenvalue weighted by atomic mass is 16.4. The summed E-state index contributed by atoms with van der Waals surface area (Å²) < 4.78 is 5.12. The molecule has 0 aliphatic rings. The second kappa shape index (κ2) is 5.81. The molecule has 19 heavy (non-hydrogen) atoms. The van der Waals surface area contributed by atoms with Crippen molar-refractivity contribution in [2.75, 3.05) is 5.32 Å². The van der Waals surface area contributed by atoms with E-state index in [1.807, 2.05) is 0 Å². The van der Waals surface area contributed by atoms with Crippen molar-refractivity contribution in [1.29, 1.82) is 0 Å². The van der Waals surface area contributed by atoms with E-state index < -0.39 is 5.97 Å². The van der Waals surface area contributed by atoms with Gasteiger partial charge in [0.2, 0.25) is 5.91 Å². The Balaban J connectivity index is 1.86. The van der Waals surface area contributed by atoms with E-state index in [-0.39, 0.29) is 18.0 Å². The Morgan fingerprint density at radius 3 is 2.74 bits per heavy atom. The summed E-state index contributed by atoms with van der Waals surface area (Å²) in [6.45, 7) is 0. The van der Waals surface area contributed by atoms with E-state index in [0.29, 0.717) is 12.1 Å². The predicted octanol–water partition coefficient (Wildman–Crippen LogP) is 1.94. The van der Waals surface area contributed by atoms with Crippen LogP contribution in [0, 0.1) is 0 Å². The van der Waals surface area contributed by atoms with E-state index in [4.69, 9.17) is 9.52 Å². The Hall–Kier alpha value is -2.63. The molecule has 0 aliphatic carbocycles. The van der Waals surface area contributed by atoms with E-state index >= 15 is 0 Å². The van der Waals surface area contributed by atoms with Crippen LogP contribution in [0.2, 0.25) is 0 Å². The molecule has 0 aromatic carbocycles. The lowest BCUT2D eigenvalue weighted by molar-refractivity contribution is -0.116. The number of nitrogens with one attached hydrogen (secondary N) is 1. The minimum absolute atomic E-state index is 0.0615. The topological polar surface area (TPSA) is 92.4 Å². The first kappa shape index (κ1) is 12.8. The average Bonchev–Trinajstić information content (AvgIpc) is 2.90. The number of aromatic nitrogens is 1. The number of hydrogen-bond acceptors (Lipinski definition) is 4. The molecule has 2 rings (SSSR count). The van der Waals surface area contributed by atoms with Crippen molar-refractivity contribution in [1.82, 2.24) is 4.98 Å². The fourth-order valence-electron chi connectivity index (χ4n) is 1.51. The van der Waals surface area contributed by atoms with Crippen LogP contribution < -0.4 is 5.32 Å². The summed E-state index contributed by atoms with van der Waals surface area (Å²) >= 11 is 0. The Bertz CT molecular complexity index is 561. The third-order valence-electron chi connectivity index (χ3n) is 2.44. The fraction of sp³-hybridized carbons (Fsp3) is 0.154. The number of amides is 1. The van der Waals surface area contributed by atoms with Crippen LogP contribution in [0.3, 0.4) is 0 Å². The number of pyridine rings is 1. The summed E-state index contributed by atoms with van der Waals surface area (Å²) in [5, 5.41) is 11.3. The Labute approximate surface area is 109 Å². The van der Waals surface area contributed by atoms with Crippen molar-refractivity contribution in [2.24, 2.45) is 0 Å². The molecular formula is C13H12N2O4. The molecule has 2 aromatic rings. The number of aryl methyl sites for hydroxylation is 1. The molecule has 6 heteroatoms. The van der Waals surface area contributed by atoms with E-state index in [2.05, 4.69) is 10.3 Å². The quantitative estimate of drug-likeness (QED) is 0.857. The van der Waals surface area contributed by atoms with Gasteiger partial charge < -0.3 is 14.8 Å². The van der Waals surface area contributed by atoms with Crippen LogP contribution in [0.5, 0.6) is 0 Å². The van der Waals surface area contributed by atoms with Gasteiger partial charge in [0.25, 0.3) is 0 Å². The van der Waals surface area contributed by atoms with E-state index in [9.17, 15) is 9.59 Å². The number of rotatable bonds is 5. The van der Waals surface area contributed by atoms with E-state index in [1.54, 1.807) is 18.4 Å². The third-order valence-corrected chi connectivity index (χ3v) is 2.44. The largest absolute Gasteiger partial charge is 0.477 e. The molecule has 0 fully saturated rings. The van der Waals surface area contributed by atoms with Crippen LogP contribution >= 0.6 is 0 Å². The van der Waals surface area contributed by atoms with Gasteiger partial charge >= 0.3 is 5.97 Å². The molecule has 0 atom stereocenters. The Morgan fingerprint density at radius 1 is 1.32 bits per heavy atom. The van der Waals surface area contributed by atoms with Gasteiger partial charge in [0.1, 0.15) is 11.5 Å². The highest BCUT2D eigenvalue weighted by Gasteiger charge is 2.07. The van der Waals surface area contributed by atoms with Gasteiger partial charge in [0.05, 0.1) is 18.1 Å². The number of hydrogen-bond donors (Lipinski definition) is 2. The smallest absolute Gasteiger partial charge is 0.354 e. The van der Waals surface area contributed by atoms with Gasteiger partial charge in [0.15, 0.2) is 0 Å². The normalized spacial score (nSPS) is 10.1. The second-order valence-corrected chi connectivity index (χ2v) is 3.86. The Morgan fingerprint density at radius 2 is 2.16 bits per heavy atom. The molecule has 0 unspecified atom stereocenters. The molecule has 0 saturated carbocycles. The lowest BCUT2D eigenvalue weighted by atomic mass is 10.2. The minimum atomic E-state index is -1.10. The fourth-order valence-corrected chi connectivity index (χ4v) is 1.51. The molecule has 0 saturated heterocycles. The summed E-state index contributed by atoms with van der Waals surface area (Å²) in [5.41, 5.74) is 0.406. The average molecular weight is 260 g/mol. The number of furan rings is 1. The van der Waals surface area contributed by atoms with Crippen molar-refractivity contribution in [3.05, 3.63) is 48.2 Å². The van der Waals surface area contributed by atoms with E-state index in [0.717, 1.165) is 5.76 Å². The first-order valence-corrected chi connectivity index (χ1v) is 5.67. The number of carbonyl (C=O) groups excluding carboxylic acids is 1. The summed E-state index contributed by atoms with van der Waals surface area (Å²) in [6, 6.07) is 6.41. The number of carboxylic acid groups (broad SMARTS) is 1. The van der Waals surface area contributed by atoms with Gasteiger partial charge in [-0.3, -0.25) is 4.79 Å². The molecule has 0 bridgehead atoms. The molecule has 0 aliphatic heterocycles. The molecule has 2 heterocycles. The summed E-state index contributed by atoms with van der Waals surface area (Å²) in [7, 11) is 0. The number of aromatic carboxylic acids is 1. The number of anilines is 1. The maximum atomic E-state index is 11.6. The van der Waals surface area contributed by atoms with Crippen LogP contribution in [-0.2, 0) is 11.2 Å². The second-order valence-electron chi connectivity index (χ2n) is 3.86. The predicted molar refractivity (Wildman–Crippen MR) is 66.9 cm³/mol. The van der Waals surface area contributed by atoms with Crippen LogP contribution in [0.15, 0.2) is 41.1 Å². The van der Waals surface area contributed by atoms with Crippen molar-refractivity contribution in [3.63, 3.8) is 0 Å². The first-order chi connectivity index (χ1) is 9.15. The zero-order valence-corrected chi connectivity index (χ0v) is 10.00. The summed E-state index contributed by atoms with van der Waals surface area (Å²) in [6.07, 6.45) is 3.67. The molecule has 98 valence electrons. The van der Waals surface area contributed by atoms with Crippen LogP contribution in [0.25, 0.3) is 0 Å². The van der Waals surface area contributed by atoms with Crippen molar-refractivity contribution in [2.45, 2.75) is 12.8 Å². The number of carbonyl (C=O) groups is 2. The summed E-state index contributed by atoms with van der Waals surface area (Å²) in [4.78, 5) is 25.9. The van der Waals surface area contributed by atoms with Gasteiger partial charge in [-0.25, -0.2) is 9.78 Å².